The molecule has 0 bridgehead atoms. The minimum Gasteiger partial charge on any atom is -0.358 e. The molecule has 0 aliphatic rings. The second-order valence-electron chi connectivity index (χ2n) is 5.11. The first-order valence-electron chi connectivity index (χ1n) is 7.45. The molecule has 0 aliphatic carbocycles. The highest BCUT2D eigenvalue weighted by atomic mass is 32.2. The summed E-state index contributed by atoms with van der Waals surface area (Å²) >= 11 is 2.44. The normalized spacial score (nSPS) is 12.1. The van der Waals surface area contributed by atoms with Gasteiger partial charge in [-0.1, -0.05) is 24.8 Å². The highest BCUT2D eigenvalue weighted by Crippen LogP contribution is 2.27. The summed E-state index contributed by atoms with van der Waals surface area (Å²) in [7, 11) is 1.47. The van der Waals surface area contributed by atoms with Crippen LogP contribution < -0.4 is 10.9 Å². The van der Waals surface area contributed by atoms with Gasteiger partial charge in [-0.05, 0) is 19.4 Å². The van der Waals surface area contributed by atoms with Crippen molar-refractivity contribution in [1.29, 1.82) is 0 Å². The molecule has 128 valence electrons. The van der Waals surface area contributed by atoms with Gasteiger partial charge >= 0.3 is 0 Å². The number of carbonyl (C=O) groups excluding carboxylic acids is 2. The number of hydrogen-bond donors (Lipinski definition) is 1. The highest BCUT2D eigenvalue weighted by Gasteiger charge is 2.26. The largest absolute Gasteiger partial charge is 0.358 e. The summed E-state index contributed by atoms with van der Waals surface area (Å²) in [5, 5.41) is 2.43. The van der Waals surface area contributed by atoms with Gasteiger partial charge in [0.05, 0.1) is 5.39 Å². The predicted molar refractivity (Wildman–Crippen MR) is 97.8 cm³/mol. The van der Waals surface area contributed by atoms with Crippen molar-refractivity contribution in [3.63, 3.8) is 0 Å². The predicted octanol–water partition coefficient (Wildman–Crippen LogP) is 2.00. The number of nitrogens with zero attached hydrogens (tertiary/aromatic N) is 2. The Morgan fingerprint density at radius 2 is 2.25 bits per heavy atom. The summed E-state index contributed by atoms with van der Waals surface area (Å²) < 4.78 is 1.45. The Hall–Kier alpha value is -1.93. The third kappa shape index (κ3) is 3.59. The highest BCUT2D eigenvalue weighted by molar-refractivity contribution is 8.01. The van der Waals surface area contributed by atoms with Crippen LogP contribution in [0.15, 0.2) is 28.7 Å². The molecule has 2 aromatic heterocycles. The fraction of sp³-hybridized carbons (Fsp3) is 0.375. The Labute approximate surface area is 148 Å². The van der Waals surface area contributed by atoms with Crippen molar-refractivity contribution >= 4 is 45.0 Å². The van der Waals surface area contributed by atoms with E-state index in [1.54, 1.807) is 6.08 Å². The molecule has 0 saturated heterocycles. The quantitative estimate of drug-likeness (QED) is 0.351. The molecule has 2 heterocycles. The Kier molecular flexibility index (Phi) is 5.95. The smallest absolute Gasteiger partial charge is 0.263 e. The molecule has 1 amide bonds. The standard InChI is InChI=1S/C16H19N3O3S2/c1-5-7-19-15(22)11-8-10(6-2)23-14(11)18-16(19)24-12(9(3)20)13(21)17-4/h5,8,12H,1,6-7H2,2-4H3,(H,17,21)/t12-/m0/s1. The maximum Gasteiger partial charge on any atom is 0.263 e. The molecule has 0 aliphatic heterocycles. The first kappa shape index (κ1) is 18.4. The first-order chi connectivity index (χ1) is 11.4. The van der Waals surface area contributed by atoms with Crippen molar-refractivity contribution in [2.24, 2.45) is 0 Å². The minimum absolute atomic E-state index is 0.183. The lowest BCUT2D eigenvalue weighted by Crippen LogP contribution is -2.35. The van der Waals surface area contributed by atoms with Gasteiger partial charge in [0.1, 0.15) is 10.1 Å². The van der Waals surface area contributed by atoms with Crippen LogP contribution in [0, 0.1) is 0 Å². The average molecular weight is 365 g/mol. The van der Waals surface area contributed by atoms with Crippen LogP contribution in [0.5, 0.6) is 0 Å². The van der Waals surface area contributed by atoms with Gasteiger partial charge in [-0.3, -0.25) is 19.0 Å². The molecule has 0 unspecified atom stereocenters. The van der Waals surface area contributed by atoms with Crippen molar-refractivity contribution < 1.29 is 9.59 Å². The molecule has 0 spiro atoms. The molecule has 0 fully saturated rings. The van der Waals surface area contributed by atoms with E-state index >= 15 is 0 Å². The summed E-state index contributed by atoms with van der Waals surface area (Å²) in [4.78, 5) is 42.7. The van der Waals surface area contributed by atoms with Crippen molar-refractivity contribution in [3.8, 4) is 0 Å². The van der Waals surface area contributed by atoms with Gasteiger partial charge in [0.15, 0.2) is 10.9 Å². The van der Waals surface area contributed by atoms with Gasteiger partial charge < -0.3 is 5.32 Å². The summed E-state index contributed by atoms with van der Waals surface area (Å²) in [6, 6.07) is 1.85. The molecule has 2 rings (SSSR count). The summed E-state index contributed by atoms with van der Waals surface area (Å²) in [6.45, 7) is 7.29. The SMILES string of the molecule is C=CCn1c(S[C@@H](C(C)=O)C(=O)NC)nc2sc(CC)cc2c1=O. The molecule has 24 heavy (non-hydrogen) atoms. The summed E-state index contributed by atoms with van der Waals surface area (Å²) in [5.74, 6) is -0.702. The van der Waals surface area contributed by atoms with E-state index in [1.807, 2.05) is 13.0 Å². The second kappa shape index (κ2) is 7.76. The van der Waals surface area contributed by atoms with Crippen LogP contribution in [0.2, 0.25) is 0 Å². The Balaban J connectivity index is 2.60. The van der Waals surface area contributed by atoms with Gasteiger partial charge in [0.2, 0.25) is 5.91 Å². The lowest BCUT2D eigenvalue weighted by atomic mass is 10.3. The number of thiophene rings is 1. The number of rotatable bonds is 7. The lowest BCUT2D eigenvalue weighted by Gasteiger charge is -2.14. The number of carbonyl (C=O) groups is 2. The summed E-state index contributed by atoms with van der Waals surface area (Å²) in [6.07, 6.45) is 2.41. The van der Waals surface area contributed by atoms with Crippen molar-refractivity contribution in [2.45, 2.75) is 37.2 Å². The van der Waals surface area contributed by atoms with Crippen LogP contribution in [0.25, 0.3) is 10.2 Å². The minimum atomic E-state index is -0.943. The van der Waals surface area contributed by atoms with E-state index in [4.69, 9.17) is 0 Å². The molecule has 1 N–H and O–H groups in total. The van der Waals surface area contributed by atoms with Gasteiger partial charge in [-0.25, -0.2) is 4.98 Å². The zero-order valence-electron chi connectivity index (χ0n) is 13.8. The van der Waals surface area contributed by atoms with Crippen LogP contribution in [0.1, 0.15) is 18.7 Å². The second-order valence-corrected chi connectivity index (χ2v) is 7.29. The average Bonchev–Trinajstić information content (AvgIpc) is 2.98. The van der Waals surface area contributed by atoms with Gasteiger partial charge in [-0.2, -0.15) is 0 Å². The molecular weight excluding hydrogens is 346 g/mol. The van der Waals surface area contributed by atoms with Gasteiger partial charge in [-0.15, -0.1) is 17.9 Å². The molecular formula is C16H19N3O3S2. The third-order valence-electron chi connectivity index (χ3n) is 3.40. The molecule has 6 nitrogen and oxygen atoms in total. The fourth-order valence-electron chi connectivity index (χ4n) is 2.16. The maximum absolute atomic E-state index is 12.7. The third-order valence-corrected chi connectivity index (χ3v) is 5.88. The number of fused-ring (bicyclic) bond motifs is 1. The lowest BCUT2D eigenvalue weighted by molar-refractivity contribution is -0.126. The first-order valence-corrected chi connectivity index (χ1v) is 9.15. The number of Topliss-reactive ketones (excluding diaryl/α,β-unsaturated/α-hetero) is 1. The monoisotopic (exact) mass is 365 g/mol. The Morgan fingerprint density at radius 3 is 2.79 bits per heavy atom. The molecule has 8 heteroatoms. The fourth-order valence-corrected chi connectivity index (χ4v) is 4.20. The number of aryl methyl sites for hydroxylation is 1. The number of allylic oxidation sites excluding steroid dienone is 1. The van der Waals surface area contributed by atoms with E-state index in [1.165, 1.54) is 29.9 Å². The van der Waals surface area contributed by atoms with E-state index in [2.05, 4.69) is 16.9 Å². The number of amides is 1. The maximum atomic E-state index is 12.7. The topological polar surface area (TPSA) is 81.1 Å². The summed E-state index contributed by atoms with van der Waals surface area (Å²) in [5.41, 5.74) is -0.183. The van der Waals surface area contributed by atoms with E-state index < -0.39 is 11.2 Å². The van der Waals surface area contributed by atoms with Crippen LogP contribution >= 0.6 is 23.1 Å². The van der Waals surface area contributed by atoms with Crippen LogP contribution in [-0.2, 0) is 22.6 Å². The Bertz CT molecular complexity index is 854. The molecule has 0 aromatic carbocycles. The molecule has 1 atom stereocenters. The molecule has 0 saturated carbocycles. The van der Waals surface area contributed by atoms with Gasteiger partial charge in [0.25, 0.3) is 5.56 Å². The number of ketones is 1. The Morgan fingerprint density at radius 1 is 1.54 bits per heavy atom. The molecule has 0 radical (unpaired) electrons. The van der Waals surface area contributed by atoms with E-state index in [0.29, 0.717) is 15.4 Å². The van der Waals surface area contributed by atoms with Crippen molar-refractivity contribution in [3.05, 3.63) is 34.0 Å². The van der Waals surface area contributed by atoms with E-state index in [-0.39, 0.29) is 17.9 Å². The number of hydrogen-bond acceptors (Lipinski definition) is 6. The van der Waals surface area contributed by atoms with Crippen LogP contribution in [0.4, 0.5) is 0 Å². The number of thioether (sulfide) groups is 1. The number of aromatic nitrogens is 2. The van der Waals surface area contributed by atoms with Crippen LogP contribution in [-0.4, -0.2) is 33.5 Å². The van der Waals surface area contributed by atoms with Crippen LogP contribution in [0.3, 0.4) is 0 Å². The van der Waals surface area contributed by atoms with E-state index in [9.17, 15) is 14.4 Å². The van der Waals surface area contributed by atoms with Crippen molar-refractivity contribution in [2.75, 3.05) is 7.05 Å². The molecule has 2 aromatic rings. The van der Waals surface area contributed by atoms with Crippen molar-refractivity contribution in [1.82, 2.24) is 14.9 Å². The zero-order chi connectivity index (χ0) is 17.9. The number of nitrogens with one attached hydrogen (secondary N) is 1. The van der Waals surface area contributed by atoms with E-state index in [0.717, 1.165) is 23.1 Å². The van der Waals surface area contributed by atoms with Gasteiger partial charge in [0, 0.05) is 18.5 Å². The zero-order valence-corrected chi connectivity index (χ0v) is 15.4.